The highest BCUT2D eigenvalue weighted by Gasteiger charge is 2.05. The average molecular weight is 245 g/mol. The summed E-state index contributed by atoms with van der Waals surface area (Å²) >= 11 is 0. The van der Waals surface area contributed by atoms with Crippen LogP contribution in [0.25, 0.3) is 0 Å². The molecule has 2 aromatic rings. The highest BCUT2D eigenvalue weighted by atomic mass is 16.3. The number of phenols is 1. The van der Waals surface area contributed by atoms with E-state index in [9.17, 15) is 9.90 Å². The predicted molar refractivity (Wildman–Crippen MR) is 67.0 cm³/mol. The van der Waals surface area contributed by atoms with Crippen molar-refractivity contribution in [2.45, 2.75) is 19.4 Å². The Hall–Kier alpha value is -2.23. The number of benzene rings is 1. The molecule has 1 aromatic heterocycles. The lowest BCUT2D eigenvalue weighted by molar-refractivity contribution is -0.121. The van der Waals surface area contributed by atoms with Crippen LogP contribution in [-0.2, 0) is 17.8 Å². The molecular formula is C14H15NO3. The molecule has 0 radical (unpaired) electrons. The van der Waals surface area contributed by atoms with Crippen LogP contribution in [0.1, 0.15) is 17.7 Å². The van der Waals surface area contributed by atoms with E-state index in [0.29, 0.717) is 24.9 Å². The molecule has 0 atom stereocenters. The van der Waals surface area contributed by atoms with E-state index >= 15 is 0 Å². The smallest absolute Gasteiger partial charge is 0.220 e. The second-order valence-electron chi connectivity index (χ2n) is 3.98. The second kappa shape index (κ2) is 5.91. The summed E-state index contributed by atoms with van der Waals surface area (Å²) in [5.74, 6) is 0.936. The summed E-state index contributed by atoms with van der Waals surface area (Å²) in [5.41, 5.74) is 0.712. The van der Waals surface area contributed by atoms with E-state index in [0.717, 1.165) is 5.76 Å². The minimum atomic E-state index is -0.0605. The molecular weight excluding hydrogens is 230 g/mol. The number of carbonyl (C=O) groups excluding carboxylic acids is 1. The summed E-state index contributed by atoms with van der Waals surface area (Å²) < 4.78 is 5.15. The Morgan fingerprint density at radius 2 is 2.06 bits per heavy atom. The number of hydrogen-bond donors (Lipinski definition) is 2. The molecule has 1 heterocycles. The van der Waals surface area contributed by atoms with Crippen molar-refractivity contribution < 1.29 is 14.3 Å². The van der Waals surface area contributed by atoms with Gasteiger partial charge in [-0.25, -0.2) is 0 Å². The Labute approximate surface area is 105 Å². The number of phenolic OH excluding ortho intramolecular Hbond substituents is 1. The first-order chi connectivity index (χ1) is 8.75. The van der Waals surface area contributed by atoms with Crippen molar-refractivity contribution in [3.63, 3.8) is 0 Å². The molecule has 0 bridgehead atoms. The normalized spacial score (nSPS) is 10.2. The zero-order valence-corrected chi connectivity index (χ0v) is 9.93. The Morgan fingerprint density at radius 1 is 1.22 bits per heavy atom. The fourth-order valence-corrected chi connectivity index (χ4v) is 1.63. The lowest BCUT2D eigenvalue weighted by atomic mass is 10.2. The molecule has 0 aliphatic carbocycles. The molecule has 1 amide bonds. The highest BCUT2D eigenvalue weighted by Crippen LogP contribution is 2.14. The number of hydrogen-bond acceptors (Lipinski definition) is 3. The summed E-state index contributed by atoms with van der Waals surface area (Å²) in [7, 11) is 0. The van der Waals surface area contributed by atoms with Gasteiger partial charge in [0, 0.05) is 24.9 Å². The Bertz CT molecular complexity index is 506. The molecule has 0 aliphatic heterocycles. The van der Waals surface area contributed by atoms with Crippen molar-refractivity contribution in [1.82, 2.24) is 5.32 Å². The van der Waals surface area contributed by atoms with Crippen LogP contribution in [0, 0.1) is 0 Å². The largest absolute Gasteiger partial charge is 0.508 e. The zero-order chi connectivity index (χ0) is 12.8. The van der Waals surface area contributed by atoms with E-state index in [1.165, 1.54) is 0 Å². The van der Waals surface area contributed by atoms with Crippen LogP contribution in [0.4, 0.5) is 0 Å². The van der Waals surface area contributed by atoms with Gasteiger partial charge in [0.2, 0.25) is 5.91 Å². The van der Waals surface area contributed by atoms with Gasteiger partial charge in [-0.2, -0.15) is 0 Å². The van der Waals surface area contributed by atoms with Crippen LogP contribution in [0.5, 0.6) is 5.75 Å². The van der Waals surface area contributed by atoms with Gasteiger partial charge >= 0.3 is 0 Å². The zero-order valence-electron chi connectivity index (χ0n) is 9.93. The molecule has 0 fully saturated rings. The molecule has 2 rings (SSSR count). The summed E-state index contributed by atoms with van der Waals surface area (Å²) in [4.78, 5) is 11.6. The minimum absolute atomic E-state index is 0.0605. The molecule has 0 unspecified atom stereocenters. The van der Waals surface area contributed by atoms with Gasteiger partial charge in [0.15, 0.2) is 0 Å². The maximum absolute atomic E-state index is 11.6. The predicted octanol–water partition coefficient (Wildman–Crippen LogP) is 2.23. The van der Waals surface area contributed by atoms with Crippen LogP contribution in [0.15, 0.2) is 47.1 Å². The number of amides is 1. The van der Waals surface area contributed by atoms with Crippen LogP contribution in [0.2, 0.25) is 0 Å². The number of aryl methyl sites for hydroxylation is 1. The molecule has 4 nitrogen and oxygen atoms in total. The van der Waals surface area contributed by atoms with Gasteiger partial charge in [-0.3, -0.25) is 4.79 Å². The van der Waals surface area contributed by atoms with Crippen LogP contribution >= 0.6 is 0 Å². The summed E-state index contributed by atoms with van der Waals surface area (Å²) in [6.45, 7) is 0.337. The fourth-order valence-electron chi connectivity index (χ4n) is 1.63. The first-order valence-corrected chi connectivity index (χ1v) is 5.81. The topological polar surface area (TPSA) is 62.5 Å². The van der Waals surface area contributed by atoms with Crippen LogP contribution < -0.4 is 5.32 Å². The Balaban J connectivity index is 1.77. The minimum Gasteiger partial charge on any atom is -0.508 e. The molecule has 94 valence electrons. The van der Waals surface area contributed by atoms with Crippen molar-refractivity contribution in [1.29, 1.82) is 0 Å². The molecule has 0 saturated heterocycles. The first-order valence-electron chi connectivity index (χ1n) is 5.81. The molecule has 1 aromatic carbocycles. The Kier molecular flexibility index (Phi) is 4.02. The van der Waals surface area contributed by atoms with Crippen LogP contribution in [0.3, 0.4) is 0 Å². The van der Waals surface area contributed by atoms with E-state index in [-0.39, 0.29) is 11.7 Å². The van der Waals surface area contributed by atoms with Crippen molar-refractivity contribution in [2.24, 2.45) is 0 Å². The first kappa shape index (κ1) is 12.2. The number of rotatable bonds is 5. The van der Waals surface area contributed by atoms with Gasteiger partial charge in [0.05, 0.1) is 6.26 Å². The van der Waals surface area contributed by atoms with Gasteiger partial charge < -0.3 is 14.8 Å². The molecule has 2 N–H and O–H groups in total. The number of furan rings is 1. The van der Waals surface area contributed by atoms with Crippen molar-refractivity contribution >= 4 is 5.91 Å². The third-order valence-electron chi connectivity index (χ3n) is 2.65. The van der Waals surface area contributed by atoms with Gasteiger partial charge in [-0.05, 0) is 18.2 Å². The van der Waals surface area contributed by atoms with Crippen molar-refractivity contribution in [2.75, 3.05) is 0 Å². The van der Waals surface area contributed by atoms with Gasteiger partial charge in [-0.1, -0.05) is 18.2 Å². The van der Waals surface area contributed by atoms with E-state index in [4.69, 9.17) is 4.42 Å². The summed E-state index contributed by atoms with van der Waals surface area (Å²) in [6, 6.07) is 10.6. The molecule has 0 saturated carbocycles. The van der Waals surface area contributed by atoms with Gasteiger partial charge in [-0.15, -0.1) is 0 Å². The van der Waals surface area contributed by atoms with Crippen LogP contribution in [-0.4, -0.2) is 11.0 Å². The van der Waals surface area contributed by atoms with Crippen molar-refractivity contribution in [3.8, 4) is 5.75 Å². The van der Waals surface area contributed by atoms with Gasteiger partial charge in [0.25, 0.3) is 0 Å². The fraction of sp³-hybridized carbons (Fsp3) is 0.214. The summed E-state index contributed by atoms with van der Waals surface area (Å²) in [6.07, 6.45) is 2.55. The third kappa shape index (κ3) is 3.38. The molecule has 0 spiro atoms. The van der Waals surface area contributed by atoms with Gasteiger partial charge in [0.1, 0.15) is 11.5 Å². The second-order valence-corrected chi connectivity index (χ2v) is 3.98. The average Bonchev–Trinajstić information content (AvgIpc) is 2.88. The van der Waals surface area contributed by atoms with Crippen molar-refractivity contribution in [3.05, 3.63) is 54.0 Å². The third-order valence-corrected chi connectivity index (χ3v) is 2.65. The maximum Gasteiger partial charge on any atom is 0.220 e. The standard InChI is InChI=1S/C14H15NO3/c16-13-6-2-1-4-11(13)10-15-14(17)8-7-12-5-3-9-18-12/h1-6,9,16H,7-8,10H2,(H,15,17). The number of para-hydroxylation sites is 1. The highest BCUT2D eigenvalue weighted by molar-refractivity contribution is 5.76. The maximum atomic E-state index is 11.6. The monoisotopic (exact) mass is 245 g/mol. The number of carbonyl (C=O) groups is 1. The van der Waals surface area contributed by atoms with E-state index in [1.54, 1.807) is 30.5 Å². The number of aromatic hydroxyl groups is 1. The van der Waals surface area contributed by atoms with E-state index in [2.05, 4.69) is 5.32 Å². The summed E-state index contributed by atoms with van der Waals surface area (Å²) in [5, 5.41) is 12.3. The number of nitrogens with one attached hydrogen (secondary N) is 1. The lowest BCUT2D eigenvalue weighted by Crippen LogP contribution is -2.22. The SMILES string of the molecule is O=C(CCc1ccco1)NCc1ccccc1O. The van der Waals surface area contributed by atoms with E-state index in [1.807, 2.05) is 12.1 Å². The van der Waals surface area contributed by atoms with E-state index < -0.39 is 0 Å². The lowest BCUT2D eigenvalue weighted by Gasteiger charge is -2.06. The molecule has 0 aliphatic rings. The Morgan fingerprint density at radius 3 is 2.78 bits per heavy atom. The quantitative estimate of drug-likeness (QED) is 0.849. The molecule has 4 heteroatoms. The molecule has 18 heavy (non-hydrogen) atoms.